The lowest BCUT2D eigenvalue weighted by molar-refractivity contribution is -0.159. The number of piperazine rings is 1. The highest BCUT2D eigenvalue weighted by atomic mass is 16.3. The zero-order valence-corrected chi connectivity index (χ0v) is 17.9. The highest BCUT2D eigenvalue weighted by molar-refractivity contribution is 5.96. The van der Waals surface area contributed by atoms with E-state index in [1.807, 2.05) is 24.3 Å². The molecular formula is C25H27N3O3. The molecule has 160 valence electrons. The van der Waals surface area contributed by atoms with E-state index in [0.29, 0.717) is 18.2 Å². The quantitative estimate of drug-likeness (QED) is 0.775. The van der Waals surface area contributed by atoms with Crippen molar-refractivity contribution in [3.8, 4) is 11.8 Å². The van der Waals surface area contributed by atoms with Crippen LogP contribution in [0.25, 0.3) is 0 Å². The second-order valence-corrected chi connectivity index (χ2v) is 8.57. The first-order valence-electron chi connectivity index (χ1n) is 10.7. The first-order valence-corrected chi connectivity index (χ1v) is 10.7. The molecule has 0 radical (unpaired) electrons. The number of aromatic nitrogens is 1. The average Bonchev–Trinajstić information content (AvgIpc) is 2.76. The van der Waals surface area contributed by atoms with E-state index >= 15 is 0 Å². The van der Waals surface area contributed by atoms with E-state index in [2.05, 4.69) is 30.7 Å². The van der Waals surface area contributed by atoms with Crippen molar-refractivity contribution in [3.05, 3.63) is 65.5 Å². The molecule has 0 unspecified atom stereocenters. The molecule has 6 nitrogen and oxygen atoms in total. The topological polar surface area (TPSA) is 73.7 Å². The van der Waals surface area contributed by atoms with Crippen LogP contribution in [-0.4, -0.2) is 63.5 Å². The van der Waals surface area contributed by atoms with Crippen molar-refractivity contribution in [1.82, 2.24) is 14.8 Å². The summed E-state index contributed by atoms with van der Waals surface area (Å²) in [6.07, 6.45) is 2.43. The third-order valence-corrected chi connectivity index (χ3v) is 5.96. The lowest BCUT2D eigenvalue weighted by Gasteiger charge is -2.58. The first kappa shape index (κ1) is 21.1. The molecule has 31 heavy (non-hydrogen) atoms. The molecule has 3 atom stereocenters. The molecule has 0 bridgehead atoms. The van der Waals surface area contributed by atoms with E-state index in [1.165, 1.54) is 0 Å². The Labute approximate surface area is 182 Å². The van der Waals surface area contributed by atoms with E-state index in [4.69, 9.17) is 0 Å². The first-order chi connectivity index (χ1) is 15.0. The molecule has 4 rings (SSSR count). The van der Waals surface area contributed by atoms with Gasteiger partial charge in [-0.25, -0.2) is 0 Å². The zero-order valence-electron chi connectivity index (χ0n) is 17.9. The number of nitrogens with zero attached hydrogens (tertiary/aromatic N) is 3. The normalized spacial score (nSPS) is 22.5. The Bertz CT molecular complexity index is 1010. The van der Waals surface area contributed by atoms with Gasteiger partial charge in [-0.05, 0) is 35.7 Å². The minimum Gasteiger partial charge on any atom is -0.394 e. The number of aliphatic hydroxyl groups is 1. The predicted molar refractivity (Wildman–Crippen MR) is 117 cm³/mol. The molecule has 1 N–H and O–H groups in total. The second kappa shape index (κ2) is 8.91. The van der Waals surface area contributed by atoms with Gasteiger partial charge in [0.2, 0.25) is 5.91 Å². The van der Waals surface area contributed by atoms with Crippen molar-refractivity contribution < 1.29 is 14.7 Å². The molecule has 0 saturated carbocycles. The van der Waals surface area contributed by atoms with Gasteiger partial charge >= 0.3 is 0 Å². The van der Waals surface area contributed by atoms with Crippen LogP contribution in [0.15, 0.2) is 48.7 Å². The number of hydrogen-bond acceptors (Lipinski definition) is 4. The molecule has 0 aliphatic carbocycles. The smallest absolute Gasteiger partial charge is 0.272 e. The van der Waals surface area contributed by atoms with Gasteiger partial charge in [-0.1, -0.05) is 43.9 Å². The van der Waals surface area contributed by atoms with Crippen LogP contribution in [0, 0.1) is 17.8 Å². The van der Waals surface area contributed by atoms with Gasteiger partial charge in [0, 0.05) is 30.6 Å². The van der Waals surface area contributed by atoms with Gasteiger partial charge < -0.3 is 14.9 Å². The third kappa shape index (κ3) is 4.19. The van der Waals surface area contributed by atoms with Crippen molar-refractivity contribution in [2.75, 3.05) is 19.7 Å². The summed E-state index contributed by atoms with van der Waals surface area (Å²) in [6.45, 7) is 4.62. The fourth-order valence-corrected chi connectivity index (χ4v) is 4.45. The molecule has 2 aliphatic heterocycles. The molecule has 2 amide bonds. The van der Waals surface area contributed by atoms with E-state index in [9.17, 15) is 14.7 Å². The molecule has 3 heterocycles. The Morgan fingerprint density at radius 3 is 2.65 bits per heavy atom. The number of fused-ring (bicyclic) bond motifs is 1. The molecule has 2 aromatic rings. The van der Waals surface area contributed by atoms with E-state index < -0.39 is 0 Å². The summed E-state index contributed by atoms with van der Waals surface area (Å²) in [6, 6.07) is 12.8. The molecule has 0 spiro atoms. The monoisotopic (exact) mass is 417 g/mol. The molecule has 2 fully saturated rings. The highest BCUT2D eigenvalue weighted by Crippen LogP contribution is 2.43. The number of carbonyl (C=O) groups is 2. The minimum atomic E-state index is -0.262. The van der Waals surface area contributed by atoms with Gasteiger partial charge in [-0.3, -0.25) is 14.6 Å². The number of pyridine rings is 1. The van der Waals surface area contributed by atoms with Crippen molar-refractivity contribution in [1.29, 1.82) is 0 Å². The maximum absolute atomic E-state index is 12.8. The van der Waals surface area contributed by atoms with Crippen LogP contribution in [-0.2, 0) is 4.79 Å². The minimum absolute atomic E-state index is 0.0134. The maximum Gasteiger partial charge on any atom is 0.272 e. The van der Waals surface area contributed by atoms with Crippen LogP contribution < -0.4 is 0 Å². The molecule has 2 aliphatic rings. The van der Waals surface area contributed by atoms with Gasteiger partial charge in [0.1, 0.15) is 12.2 Å². The van der Waals surface area contributed by atoms with Gasteiger partial charge in [-0.2, -0.15) is 0 Å². The molecular weight excluding hydrogens is 390 g/mol. The summed E-state index contributed by atoms with van der Waals surface area (Å²) in [5.74, 6) is 6.52. The molecule has 6 heteroatoms. The number of aliphatic hydroxyl groups excluding tert-OH is 1. The summed E-state index contributed by atoms with van der Waals surface area (Å²) in [5.41, 5.74) is 2.34. The van der Waals surface area contributed by atoms with Crippen molar-refractivity contribution in [3.63, 3.8) is 0 Å². The summed E-state index contributed by atoms with van der Waals surface area (Å²) in [7, 11) is 0. The number of rotatable bonds is 4. The van der Waals surface area contributed by atoms with Crippen LogP contribution in [0.1, 0.15) is 47.8 Å². The van der Waals surface area contributed by atoms with Gasteiger partial charge in [0.25, 0.3) is 5.91 Å². The number of carbonyl (C=O) groups excluding carboxylic acids is 2. The third-order valence-electron chi connectivity index (χ3n) is 5.96. The summed E-state index contributed by atoms with van der Waals surface area (Å²) < 4.78 is 0. The number of amides is 2. The summed E-state index contributed by atoms with van der Waals surface area (Å²) in [4.78, 5) is 33.0. The van der Waals surface area contributed by atoms with Crippen molar-refractivity contribution >= 4 is 11.8 Å². The van der Waals surface area contributed by atoms with Gasteiger partial charge in [-0.15, -0.1) is 0 Å². The van der Waals surface area contributed by atoms with Crippen molar-refractivity contribution in [2.24, 2.45) is 5.92 Å². The van der Waals surface area contributed by atoms with E-state index in [0.717, 1.165) is 17.5 Å². The largest absolute Gasteiger partial charge is 0.394 e. The van der Waals surface area contributed by atoms with Crippen LogP contribution in [0.4, 0.5) is 0 Å². The Morgan fingerprint density at radius 2 is 2.00 bits per heavy atom. The SMILES string of the molecule is CC(C)CC#Cc1ccc([C@@H]2[C@@H](CO)N3C(=O)CN(C(=O)c4ccccn4)C[C@H]23)cc1. The Balaban J connectivity index is 1.52. The standard InChI is InChI=1S/C25H27N3O3/c1-17(2)6-5-7-18-9-11-19(12-10-18)24-21-14-27(15-23(30)28(21)22(24)16-29)25(31)20-8-3-4-13-26-20/h3-4,8-13,17,21-22,24,29H,6,14-16H2,1-2H3/t21-,22-,24+/m1/s1. The van der Waals surface area contributed by atoms with Crippen LogP contribution >= 0.6 is 0 Å². The molecule has 1 aromatic carbocycles. The predicted octanol–water partition coefficient (Wildman–Crippen LogP) is 2.29. The number of hydrogen-bond donors (Lipinski definition) is 1. The fourth-order valence-electron chi connectivity index (χ4n) is 4.45. The average molecular weight is 418 g/mol. The number of benzene rings is 1. The highest BCUT2D eigenvalue weighted by Gasteiger charge is 2.54. The van der Waals surface area contributed by atoms with Crippen LogP contribution in [0.5, 0.6) is 0 Å². The van der Waals surface area contributed by atoms with E-state index in [1.54, 1.807) is 34.2 Å². The lowest BCUT2D eigenvalue weighted by atomic mass is 9.73. The summed E-state index contributed by atoms with van der Waals surface area (Å²) >= 11 is 0. The van der Waals surface area contributed by atoms with Gasteiger partial charge in [0.15, 0.2) is 0 Å². The fraction of sp³-hybridized carbons (Fsp3) is 0.400. The van der Waals surface area contributed by atoms with E-state index in [-0.39, 0.29) is 43.0 Å². The Kier molecular flexibility index (Phi) is 6.06. The second-order valence-electron chi connectivity index (χ2n) is 8.57. The molecule has 2 saturated heterocycles. The van der Waals surface area contributed by atoms with Gasteiger partial charge in [0.05, 0.1) is 18.7 Å². The van der Waals surface area contributed by atoms with Crippen molar-refractivity contribution in [2.45, 2.75) is 38.3 Å². The zero-order chi connectivity index (χ0) is 22.0. The summed E-state index contributed by atoms with van der Waals surface area (Å²) in [5, 5.41) is 9.94. The Hall–Kier alpha value is -3.17. The Morgan fingerprint density at radius 1 is 1.23 bits per heavy atom. The van der Waals surface area contributed by atoms with Crippen LogP contribution in [0.3, 0.4) is 0 Å². The maximum atomic E-state index is 12.8. The lowest BCUT2D eigenvalue weighted by Crippen LogP contribution is -2.73. The van der Waals surface area contributed by atoms with Crippen LogP contribution in [0.2, 0.25) is 0 Å². The molecule has 1 aromatic heterocycles.